The number of fused-ring (bicyclic) bond motifs is 1. The van der Waals surface area contributed by atoms with Crippen LogP contribution in [0.2, 0.25) is 0 Å². The number of carbonyl (C=O) groups is 1. The van der Waals surface area contributed by atoms with Crippen molar-refractivity contribution in [2.75, 3.05) is 13.1 Å². The molecule has 1 amide bonds. The third-order valence-corrected chi connectivity index (χ3v) is 7.40. The smallest absolute Gasteiger partial charge is 0.263 e. The Morgan fingerprint density at radius 2 is 1.91 bits per heavy atom. The van der Waals surface area contributed by atoms with Gasteiger partial charge in [0.15, 0.2) is 0 Å². The summed E-state index contributed by atoms with van der Waals surface area (Å²) >= 11 is 0. The Balaban J connectivity index is 1.32. The Kier molecular flexibility index (Phi) is 6.62. The summed E-state index contributed by atoms with van der Waals surface area (Å²) in [4.78, 5) is 19.5. The number of nitrogens with one attached hydrogen (secondary N) is 2. The van der Waals surface area contributed by atoms with Crippen LogP contribution in [0, 0.1) is 5.92 Å². The van der Waals surface area contributed by atoms with Crippen molar-refractivity contribution in [2.45, 2.75) is 50.7 Å². The molecule has 1 saturated heterocycles. The van der Waals surface area contributed by atoms with Crippen LogP contribution in [0.3, 0.4) is 0 Å². The zero-order valence-corrected chi connectivity index (χ0v) is 19.4. The molecule has 0 bridgehead atoms. The summed E-state index contributed by atoms with van der Waals surface area (Å²) in [5.41, 5.74) is 2.79. The van der Waals surface area contributed by atoms with Crippen LogP contribution in [0.4, 0.5) is 0 Å². The summed E-state index contributed by atoms with van der Waals surface area (Å²) in [5.74, 6) is 0.712. The van der Waals surface area contributed by atoms with Gasteiger partial charge in [0.2, 0.25) is 5.91 Å². The molecule has 0 aliphatic carbocycles. The van der Waals surface area contributed by atoms with Gasteiger partial charge in [-0.15, -0.1) is 0 Å². The van der Waals surface area contributed by atoms with Crippen LogP contribution >= 0.6 is 0 Å². The lowest BCUT2D eigenvalue weighted by atomic mass is 9.99. The number of benzene rings is 2. The fourth-order valence-electron chi connectivity index (χ4n) is 4.27. The van der Waals surface area contributed by atoms with Crippen molar-refractivity contribution in [3.8, 4) is 0 Å². The average Bonchev–Trinajstić information content (AvgIpc) is 3.03. The molecule has 2 aromatic rings. The maximum Gasteiger partial charge on any atom is 0.263 e. The molecule has 2 aliphatic rings. The van der Waals surface area contributed by atoms with Crippen LogP contribution in [-0.2, 0) is 27.9 Å². The van der Waals surface area contributed by atoms with Gasteiger partial charge in [-0.1, -0.05) is 43.3 Å². The monoisotopic (exact) mass is 454 g/mol. The van der Waals surface area contributed by atoms with Gasteiger partial charge < -0.3 is 5.32 Å². The van der Waals surface area contributed by atoms with E-state index in [1.165, 1.54) is 24.5 Å². The first kappa shape index (κ1) is 22.5. The Hall–Kier alpha value is -2.71. The third-order valence-electron chi connectivity index (χ3n) is 6.00. The maximum atomic E-state index is 12.5. The summed E-state index contributed by atoms with van der Waals surface area (Å²) < 4.78 is 26.8. The van der Waals surface area contributed by atoms with Crippen molar-refractivity contribution >= 4 is 21.8 Å². The number of piperidine rings is 1. The largest absolute Gasteiger partial charge is 0.350 e. The molecule has 170 valence electrons. The molecule has 2 aliphatic heterocycles. The van der Waals surface area contributed by atoms with Crippen molar-refractivity contribution in [1.82, 2.24) is 14.9 Å². The van der Waals surface area contributed by atoms with E-state index in [0.717, 1.165) is 31.1 Å². The van der Waals surface area contributed by atoms with E-state index in [2.05, 4.69) is 39.0 Å². The van der Waals surface area contributed by atoms with Gasteiger partial charge >= 0.3 is 0 Å². The molecule has 8 heteroatoms. The fourth-order valence-corrected chi connectivity index (χ4v) is 5.51. The highest BCUT2D eigenvalue weighted by atomic mass is 32.2. The summed E-state index contributed by atoms with van der Waals surface area (Å²) in [6, 6.07) is 14.2. The van der Waals surface area contributed by atoms with E-state index < -0.39 is 16.1 Å². The Morgan fingerprint density at radius 3 is 2.66 bits per heavy atom. The van der Waals surface area contributed by atoms with E-state index in [-0.39, 0.29) is 16.6 Å². The standard InChI is InChI=1S/C24H30N4O3S/c1-17-6-5-13-28(15-17)16-20-11-9-19(10-12-20)14-25-24(29)18(2)26-23-21-7-3-4-8-22(21)32(30,31)27-23/h3-4,7-12,17-18H,5-6,13-16H2,1-2H3,(H,25,29)(H,26,27)/t17?,18-/m0/s1. The van der Waals surface area contributed by atoms with E-state index in [9.17, 15) is 13.2 Å². The second kappa shape index (κ2) is 9.42. The highest BCUT2D eigenvalue weighted by Crippen LogP contribution is 2.22. The van der Waals surface area contributed by atoms with Gasteiger partial charge in [0.1, 0.15) is 11.9 Å². The van der Waals surface area contributed by atoms with Gasteiger partial charge in [-0.2, -0.15) is 0 Å². The molecular weight excluding hydrogens is 424 g/mol. The fraction of sp³-hybridized carbons (Fsp3) is 0.417. The molecule has 1 unspecified atom stereocenters. The Morgan fingerprint density at radius 1 is 1.19 bits per heavy atom. The number of rotatable bonds is 6. The topological polar surface area (TPSA) is 90.9 Å². The van der Waals surface area contributed by atoms with Crippen molar-refractivity contribution in [3.05, 3.63) is 65.2 Å². The number of likely N-dealkylation sites (tertiary alicyclic amines) is 1. The first-order valence-electron chi connectivity index (χ1n) is 11.1. The SMILES string of the molecule is CC1CCCN(Cc2ccc(CNC(=O)[C@H](C)N=C3NS(=O)(=O)c4ccccc43)cc2)C1. The molecule has 7 nitrogen and oxygen atoms in total. The van der Waals surface area contributed by atoms with Crippen LogP contribution in [0.15, 0.2) is 58.4 Å². The second-order valence-corrected chi connectivity index (χ2v) is 10.4. The minimum Gasteiger partial charge on any atom is -0.350 e. The molecule has 2 heterocycles. The number of hydrogen-bond acceptors (Lipinski definition) is 5. The van der Waals surface area contributed by atoms with Crippen molar-refractivity contribution in [2.24, 2.45) is 10.9 Å². The Bertz CT molecular complexity index is 1110. The molecule has 0 spiro atoms. The van der Waals surface area contributed by atoms with E-state index >= 15 is 0 Å². The first-order valence-corrected chi connectivity index (χ1v) is 12.6. The highest BCUT2D eigenvalue weighted by molar-refractivity contribution is 7.90. The normalized spacial score (nSPS) is 22.2. The van der Waals surface area contributed by atoms with Gasteiger partial charge in [0.25, 0.3) is 10.0 Å². The number of sulfonamides is 1. The molecule has 2 N–H and O–H groups in total. The summed E-state index contributed by atoms with van der Waals surface area (Å²) in [5, 5.41) is 2.89. The molecule has 32 heavy (non-hydrogen) atoms. The molecular formula is C24H30N4O3S. The van der Waals surface area contributed by atoms with Crippen LogP contribution < -0.4 is 10.0 Å². The number of hydrogen-bond donors (Lipinski definition) is 2. The predicted octanol–water partition coefficient (Wildman–Crippen LogP) is 2.66. The number of amides is 1. The van der Waals surface area contributed by atoms with Gasteiger partial charge in [-0.05, 0) is 55.5 Å². The van der Waals surface area contributed by atoms with Crippen molar-refractivity contribution in [3.63, 3.8) is 0 Å². The Labute approximate surface area is 190 Å². The molecule has 1 fully saturated rings. The minimum absolute atomic E-state index is 0.186. The summed E-state index contributed by atoms with van der Waals surface area (Å²) in [6.45, 7) is 7.63. The number of carbonyl (C=O) groups excluding carboxylic acids is 1. The summed E-state index contributed by atoms with van der Waals surface area (Å²) in [6.07, 6.45) is 2.58. The van der Waals surface area contributed by atoms with E-state index in [0.29, 0.717) is 12.1 Å². The van der Waals surface area contributed by atoms with Crippen LogP contribution in [0.1, 0.15) is 43.4 Å². The van der Waals surface area contributed by atoms with Crippen LogP contribution in [0.5, 0.6) is 0 Å². The quantitative estimate of drug-likeness (QED) is 0.702. The number of aliphatic imine (C=N–C) groups is 1. The van der Waals surface area contributed by atoms with E-state index in [1.54, 1.807) is 25.1 Å². The van der Waals surface area contributed by atoms with Crippen LogP contribution in [0.25, 0.3) is 0 Å². The molecule has 2 atom stereocenters. The second-order valence-electron chi connectivity index (χ2n) is 8.77. The minimum atomic E-state index is -3.62. The highest BCUT2D eigenvalue weighted by Gasteiger charge is 2.31. The third kappa shape index (κ3) is 5.19. The predicted molar refractivity (Wildman–Crippen MR) is 125 cm³/mol. The van der Waals surface area contributed by atoms with Crippen molar-refractivity contribution < 1.29 is 13.2 Å². The van der Waals surface area contributed by atoms with Crippen LogP contribution in [-0.4, -0.2) is 44.2 Å². The zero-order valence-electron chi connectivity index (χ0n) is 18.5. The molecule has 0 radical (unpaired) electrons. The molecule has 2 aromatic carbocycles. The molecule has 0 saturated carbocycles. The lowest BCUT2D eigenvalue weighted by molar-refractivity contribution is -0.122. The summed E-state index contributed by atoms with van der Waals surface area (Å²) in [7, 11) is -3.62. The molecule has 0 aromatic heterocycles. The number of nitrogens with zero attached hydrogens (tertiary/aromatic N) is 2. The van der Waals surface area contributed by atoms with Gasteiger partial charge in [-0.3, -0.25) is 19.4 Å². The lowest BCUT2D eigenvalue weighted by Gasteiger charge is -2.30. The molecule has 4 rings (SSSR count). The average molecular weight is 455 g/mol. The van der Waals surface area contributed by atoms with Crippen molar-refractivity contribution in [1.29, 1.82) is 0 Å². The van der Waals surface area contributed by atoms with Gasteiger partial charge in [-0.25, -0.2) is 8.42 Å². The maximum absolute atomic E-state index is 12.5. The number of amidine groups is 1. The van der Waals surface area contributed by atoms with Gasteiger partial charge in [0, 0.05) is 25.2 Å². The zero-order chi connectivity index (χ0) is 22.7. The lowest BCUT2D eigenvalue weighted by Crippen LogP contribution is -2.34. The first-order chi connectivity index (χ1) is 15.3. The van der Waals surface area contributed by atoms with E-state index in [1.807, 2.05) is 12.1 Å². The van der Waals surface area contributed by atoms with E-state index in [4.69, 9.17) is 0 Å². The van der Waals surface area contributed by atoms with Gasteiger partial charge in [0.05, 0.1) is 4.90 Å².